The molecule has 1 atom stereocenters. The number of carbonyl (C=O) groups excluding carboxylic acids is 2. The van der Waals surface area contributed by atoms with Crippen LogP contribution in [0.3, 0.4) is 0 Å². The van der Waals surface area contributed by atoms with E-state index in [4.69, 9.17) is 4.74 Å². The number of halogens is 1. The molecule has 2 aromatic rings. The van der Waals surface area contributed by atoms with Crippen molar-refractivity contribution in [3.63, 3.8) is 0 Å². The van der Waals surface area contributed by atoms with Gasteiger partial charge in [0.15, 0.2) is 0 Å². The summed E-state index contributed by atoms with van der Waals surface area (Å²) in [7, 11) is 1.30. The fraction of sp³-hybridized carbons (Fsp3) is 0.222. The Morgan fingerprint density at radius 2 is 1.74 bits per heavy atom. The Labute approximate surface area is 133 Å². The summed E-state index contributed by atoms with van der Waals surface area (Å²) < 4.78 is 23.9. The van der Waals surface area contributed by atoms with Crippen molar-refractivity contribution in [3.8, 4) is 16.9 Å². The van der Waals surface area contributed by atoms with Crippen molar-refractivity contribution in [1.82, 2.24) is 0 Å². The van der Waals surface area contributed by atoms with E-state index in [2.05, 4.69) is 4.74 Å². The Hall–Kier alpha value is -2.69. The van der Waals surface area contributed by atoms with Gasteiger partial charge in [0.05, 0.1) is 13.0 Å². The van der Waals surface area contributed by atoms with Gasteiger partial charge in [0.2, 0.25) is 0 Å². The lowest BCUT2D eigenvalue weighted by Gasteiger charge is -2.11. The third-order valence-electron chi connectivity index (χ3n) is 3.47. The smallest absolute Gasteiger partial charge is 0.312 e. The minimum Gasteiger partial charge on any atom is -0.469 e. The molecule has 4 nitrogen and oxygen atoms in total. The molecule has 0 saturated carbocycles. The van der Waals surface area contributed by atoms with Gasteiger partial charge < -0.3 is 9.47 Å². The number of esters is 2. The number of hydrogen-bond acceptors (Lipinski definition) is 4. The second kappa shape index (κ2) is 7.05. The number of ether oxygens (including phenoxy) is 2. The third-order valence-corrected chi connectivity index (χ3v) is 3.47. The van der Waals surface area contributed by atoms with Crippen molar-refractivity contribution < 1.29 is 23.5 Å². The van der Waals surface area contributed by atoms with Crippen LogP contribution in [-0.4, -0.2) is 19.0 Å². The van der Waals surface area contributed by atoms with Crippen LogP contribution in [0.25, 0.3) is 11.1 Å². The van der Waals surface area contributed by atoms with E-state index >= 15 is 0 Å². The molecule has 120 valence electrons. The number of methoxy groups -OCH3 is 1. The standard InChI is InChI=1S/C18H17FO4/c1-11(18(21)22-3)14-6-9-16(17(19)10-14)13-4-7-15(8-5-13)23-12(2)20/h4-11H,1-3H3/t11-/m1/s1. The molecular formula is C18H17FO4. The number of rotatable bonds is 4. The normalized spacial score (nSPS) is 11.7. The van der Waals surface area contributed by atoms with Crippen molar-refractivity contribution >= 4 is 11.9 Å². The van der Waals surface area contributed by atoms with E-state index in [1.807, 2.05) is 0 Å². The van der Waals surface area contributed by atoms with Crippen LogP contribution in [-0.2, 0) is 14.3 Å². The number of hydrogen-bond donors (Lipinski definition) is 0. The van der Waals surface area contributed by atoms with Crippen molar-refractivity contribution in [2.45, 2.75) is 19.8 Å². The highest BCUT2D eigenvalue weighted by molar-refractivity contribution is 5.78. The first-order valence-corrected chi connectivity index (χ1v) is 7.08. The highest BCUT2D eigenvalue weighted by Gasteiger charge is 2.17. The van der Waals surface area contributed by atoms with E-state index in [0.29, 0.717) is 22.4 Å². The zero-order valence-corrected chi connectivity index (χ0v) is 13.1. The van der Waals surface area contributed by atoms with Crippen LogP contribution in [0.2, 0.25) is 0 Å². The average molecular weight is 316 g/mol. The van der Waals surface area contributed by atoms with Gasteiger partial charge in [0, 0.05) is 12.5 Å². The summed E-state index contributed by atoms with van der Waals surface area (Å²) in [6, 6.07) is 11.2. The van der Waals surface area contributed by atoms with Crippen molar-refractivity contribution in [2.75, 3.05) is 7.11 Å². The maximum absolute atomic E-state index is 14.3. The monoisotopic (exact) mass is 316 g/mol. The SMILES string of the molecule is COC(=O)[C@H](C)c1ccc(-c2ccc(OC(C)=O)cc2)c(F)c1. The Bertz CT molecular complexity index is 722. The van der Waals surface area contributed by atoms with E-state index in [0.717, 1.165) is 0 Å². The van der Waals surface area contributed by atoms with Crippen LogP contribution in [0.5, 0.6) is 5.75 Å². The van der Waals surface area contributed by atoms with Crippen LogP contribution in [0.1, 0.15) is 25.3 Å². The van der Waals surface area contributed by atoms with Gasteiger partial charge in [-0.1, -0.05) is 24.3 Å². The second-order valence-electron chi connectivity index (χ2n) is 5.10. The van der Waals surface area contributed by atoms with E-state index < -0.39 is 23.7 Å². The predicted molar refractivity (Wildman–Crippen MR) is 83.6 cm³/mol. The molecule has 0 radical (unpaired) electrons. The lowest BCUT2D eigenvalue weighted by Crippen LogP contribution is -2.11. The maximum atomic E-state index is 14.3. The molecule has 0 aliphatic rings. The molecule has 0 N–H and O–H groups in total. The summed E-state index contributed by atoms with van der Waals surface area (Å²) in [5.74, 6) is -1.39. The molecule has 0 amide bonds. The van der Waals surface area contributed by atoms with E-state index in [1.165, 1.54) is 20.1 Å². The molecule has 0 aromatic heterocycles. The zero-order chi connectivity index (χ0) is 17.0. The Morgan fingerprint density at radius 3 is 2.26 bits per heavy atom. The summed E-state index contributed by atoms with van der Waals surface area (Å²) in [6.07, 6.45) is 0. The zero-order valence-electron chi connectivity index (χ0n) is 13.1. The second-order valence-corrected chi connectivity index (χ2v) is 5.10. The molecule has 0 fully saturated rings. The number of benzene rings is 2. The molecule has 0 aliphatic heterocycles. The maximum Gasteiger partial charge on any atom is 0.312 e. The number of carbonyl (C=O) groups is 2. The molecule has 2 aromatic carbocycles. The van der Waals surface area contributed by atoms with E-state index in [-0.39, 0.29) is 0 Å². The molecule has 0 aliphatic carbocycles. The summed E-state index contributed by atoms with van der Waals surface area (Å²) in [5, 5.41) is 0. The van der Waals surface area contributed by atoms with Gasteiger partial charge in [-0.25, -0.2) is 4.39 Å². The molecule has 0 unspecified atom stereocenters. The molecule has 5 heteroatoms. The van der Waals surface area contributed by atoms with Gasteiger partial charge >= 0.3 is 11.9 Å². The summed E-state index contributed by atoms with van der Waals surface area (Å²) >= 11 is 0. The largest absolute Gasteiger partial charge is 0.469 e. The average Bonchev–Trinajstić information content (AvgIpc) is 2.53. The fourth-order valence-corrected chi connectivity index (χ4v) is 2.22. The molecule has 2 rings (SSSR count). The van der Waals surface area contributed by atoms with E-state index in [1.54, 1.807) is 43.3 Å². The Morgan fingerprint density at radius 1 is 1.09 bits per heavy atom. The van der Waals surface area contributed by atoms with Gasteiger partial charge in [0.1, 0.15) is 11.6 Å². The Kier molecular flexibility index (Phi) is 5.11. The summed E-state index contributed by atoms with van der Waals surface area (Å²) in [6.45, 7) is 2.98. The van der Waals surface area contributed by atoms with Gasteiger partial charge in [-0.2, -0.15) is 0 Å². The minimum atomic E-state index is -0.533. The first-order valence-electron chi connectivity index (χ1n) is 7.08. The lowest BCUT2D eigenvalue weighted by molar-refractivity contribution is -0.142. The summed E-state index contributed by atoms with van der Waals surface area (Å²) in [5.41, 5.74) is 1.60. The molecule has 0 spiro atoms. The van der Waals surface area contributed by atoms with Crippen molar-refractivity contribution in [2.24, 2.45) is 0 Å². The van der Waals surface area contributed by atoms with Gasteiger partial charge in [0.25, 0.3) is 0 Å². The van der Waals surface area contributed by atoms with Crippen LogP contribution in [0.15, 0.2) is 42.5 Å². The highest BCUT2D eigenvalue weighted by Crippen LogP contribution is 2.28. The fourth-order valence-electron chi connectivity index (χ4n) is 2.22. The van der Waals surface area contributed by atoms with Crippen LogP contribution in [0.4, 0.5) is 4.39 Å². The summed E-state index contributed by atoms with van der Waals surface area (Å²) in [4.78, 5) is 22.4. The third kappa shape index (κ3) is 3.94. The molecule has 0 heterocycles. The topological polar surface area (TPSA) is 52.6 Å². The van der Waals surface area contributed by atoms with Gasteiger partial charge in [-0.15, -0.1) is 0 Å². The minimum absolute atomic E-state index is 0.401. The van der Waals surface area contributed by atoms with Gasteiger partial charge in [-0.3, -0.25) is 9.59 Å². The Balaban J connectivity index is 2.27. The van der Waals surface area contributed by atoms with Crippen LogP contribution >= 0.6 is 0 Å². The first kappa shape index (κ1) is 16.7. The van der Waals surface area contributed by atoms with Gasteiger partial charge in [-0.05, 0) is 36.2 Å². The van der Waals surface area contributed by atoms with Crippen molar-refractivity contribution in [1.29, 1.82) is 0 Å². The lowest BCUT2D eigenvalue weighted by atomic mass is 9.97. The van der Waals surface area contributed by atoms with Crippen LogP contribution < -0.4 is 4.74 Å². The predicted octanol–water partition coefficient (Wildman–Crippen LogP) is 3.69. The quantitative estimate of drug-likeness (QED) is 0.637. The molecule has 23 heavy (non-hydrogen) atoms. The van der Waals surface area contributed by atoms with Crippen LogP contribution in [0, 0.1) is 5.82 Å². The molecule has 0 saturated heterocycles. The molecule has 0 bridgehead atoms. The first-order chi connectivity index (χ1) is 10.9. The van der Waals surface area contributed by atoms with Crippen molar-refractivity contribution in [3.05, 3.63) is 53.8 Å². The highest BCUT2D eigenvalue weighted by atomic mass is 19.1. The molecular weight excluding hydrogens is 299 g/mol. The van der Waals surface area contributed by atoms with E-state index in [9.17, 15) is 14.0 Å².